The molecule has 1 heterocycles. The Labute approximate surface area is 96.3 Å². The van der Waals surface area contributed by atoms with Crippen molar-refractivity contribution in [3.63, 3.8) is 0 Å². The maximum Gasteiger partial charge on any atom is 0.147 e. The highest BCUT2D eigenvalue weighted by Crippen LogP contribution is 2.14. The zero-order valence-electron chi connectivity index (χ0n) is 9.81. The van der Waals surface area contributed by atoms with Crippen molar-refractivity contribution in [1.82, 2.24) is 0 Å². The van der Waals surface area contributed by atoms with E-state index in [2.05, 4.69) is 19.1 Å². The fourth-order valence-corrected chi connectivity index (χ4v) is 1.72. The van der Waals surface area contributed by atoms with E-state index in [1.54, 1.807) is 0 Å². The number of hydrogen-bond acceptors (Lipinski definition) is 3. The van der Waals surface area contributed by atoms with Crippen molar-refractivity contribution < 1.29 is 14.2 Å². The summed E-state index contributed by atoms with van der Waals surface area (Å²) in [5.41, 5.74) is 2.48. The van der Waals surface area contributed by atoms with Gasteiger partial charge in [-0.3, -0.25) is 0 Å². The maximum atomic E-state index is 5.81. The largest absolute Gasteiger partial charge is 0.368 e. The first-order chi connectivity index (χ1) is 7.77. The normalized spacial score (nSPS) is 25.6. The highest BCUT2D eigenvalue weighted by molar-refractivity contribution is 5.24. The zero-order chi connectivity index (χ0) is 11.4. The van der Waals surface area contributed by atoms with Gasteiger partial charge in [0.15, 0.2) is 0 Å². The lowest BCUT2D eigenvalue weighted by atomic mass is 10.1. The standard InChI is InChI=1S/C13H18O3/c1-10-5-3-4-6-12(10)7-15-13-8-14-9-16-11(13)2/h3-6,11,13H,7-9H2,1-2H3. The van der Waals surface area contributed by atoms with Gasteiger partial charge in [-0.15, -0.1) is 0 Å². The van der Waals surface area contributed by atoms with E-state index < -0.39 is 0 Å². The van der Waals surface area contributed by atoms with E-state index >= 15 is 0 Å². The van der Waals surface area contributed by atoms with E-state index in [4.69, 9.17) is 14.2 Å². The fourth-order valence-electron chi connectivity index (χ4n) is 1.72. The smallest absolute Gasteiger partial charge is 0.147 e. The second-order valence-corrected chi connectivity index (χ2v) is 4.14. The van der Waals surface area contributed by atoms with Gasteiger partial charge in [0, 0.05) is 0 Å². The Hall–Kier alpha value is -0.900. The van der Waals surface area contributed by atoms with Gasteiger partial charge in [0.25, 0.3) is 0 Å². The van der Waals surface area contributed by atoms with Crippen molar-refractivity contribution in [3.05, 3.63) is 35.4 Å². The Morgan fingerprint density at radius 3 is 2.94 bits per heavy atom. The molecule has 0 amide bonds. The molecule has 0 bridgehead atoms. The van der Waals surface area contributed by atoms with E-state index in [1.807, 2.05) is 19.1 Å². The van der Waals surface area contributed by atoms with Crippen LogP contribution in [0.15, 0.2) is 24.3 Å². The minimum absolute atomic E-state index is 0.0355. The number of benzene rings is 1. The van der Waals surface area contributed by atoms with Gasteiger partial charge in [0.2, 0.25) is 0 Å². The number of rotatable bonds is 3. The molecule has 0 spiro atoms. The monoisotopic (exact) mass is 222 g/mol. The second-order valence-electron chi connectivity index (χ2n) is 4.14. The molecule has 1 aromatic rings. The van der Waals surface area contributed by atoms with Crippen LogP contribution in [0.1, 0.15) is 18.1 Å². The van der Waals surface area contributed by atoms with Crippen LogP contribution >= 0.6 is 0 Å². The summed E-state index contributed by atoms with van der Waals surface area (Å²) in [4.78, 5) is 0. The zero-order valence-corrected chi connectivity index (χ0v) is 9.81. The molecule has 0 aromatic heterocycles. The van der Waals surface area contributed by atoms with Crippen molar-refractivity contribution >= 4 is 0 Å². The first-order valence-corrected chi connectivity index (χ1v) is 5.63. The minimum atomic E-state index is 0.0355. The van der Waals surface area contributed by atoms with Gasteiger partial charge in [0.05, 0.1) is 19.3 Å². The molecule has 0 aliphatic carbocycles. The Bertz CT molecular complexity index is 338. The van der Waals surface area contributed by atoms with Crippen LogP contribution in [0.25, 0.3) is 0 Å². The lowest BCUT2D eigenvalue weighted by Crippen LogP contribution is -2.38. The summed E-state index contributed by atoms with van der Waals surface area (Å²) in [6, 6.07) is 8.25. The number of hydrogen-bond donors (Lipinski definition) is 0. The summed E-state index contributed by atoms with van der Waals surface area (Å²) in [7, 11) is 0. The molecular formula is C13H18O3. The molecular weight excluding hydrogens is 204 g/mol. The quantitative estimate of drug-likeness (QED) is 0.785. The molecule has 16 heavy (non-hydrogen) atoms. The highest BCUT2D eigenvalue weighted by atomic mass is 16.7. The first-order valence-electron chi connectivity index (χ1n) is 5.63. The molecule has 88 valence electrons. The molecule has 1 aliphatic heterocycles. The highest BCUT2D eigenvalue weighted by Gasteiger charge is 2.23. The van der Waals surface area contributed by atoms with Gasteiger partial charge in [-0.2, -0.15) is 0 Å². The van der Waals surface area contributed by atoms with Crippen molar-refractivity contribution in [2.45, 2.75) is 32.7 Å². The Morgan fingerprint density at radius 1 is 1.38 bits per heavy atom. The van der Waals surface area contributed by atoms with E-state index in [0.717, 1.165) is 0 Å². The third kappa shape index (κ3) is 2.82. The maximum absolute atomic E-state index is 5.81. The second kappa shape index (κ2) is 5.43. The summed E-state index contributed by atoms with van der Waals surface area (Å²) in [5.74, 6) is 0. The summed E-state index contributed by atoms with van der Waals surface area (Å²) in [6.45, 7) is 5.73. The van der Waals surface area contributed by atoms with E-state index in [0.29, 0.717) is 20.0 Å². The average Bonchev–Trinajstić information content (AvgIpc) is 2.30. The topological polar surface area (TPSA) is 27.7 Å². The van der Waals surface area contributed by atoms with Crippen LogP contribution in [-0.4, -0.2) is 25.6 Å². The predicted octanol–water partition coefficient (Wildman–Crippen LogP) is 2.27. The summed E-state index contributed by atoms with van der Waals surface area (Å²) in [5, 5.41) is 0. The molecule has 0 saturated carbocycles. The van der Waals surface area contributed by atoms with E-state index in [1.165, 1.54) is 11.1 Å². The summed E-state index contributed by atoms with van der Waals surface area (Å²) >= 11 is 0. The van der Waals surface area contributed by atoms with Gasteiger partial charge in [-0.05, 0) is 25.0 Å². The first kappa shape index (κ1) is 11.6. The van der Waals surface area contributed by atoms with Crippen LogP contribution in [0.5, 0.6) is 0 Å². The van der Waals surface area contributed by atoms with Crippen LogP contribution in [0, 0.1) is 6.92 Å². The van der Waals surface area contributed by atoms with Crippen molar-refractivity contribution in [2.24, 2.45) is 0 Å². The van der Waals surface area contributed by atoms with Crippen LogP contribution in [0.4, 0.5) is 0 Å². The summed E-state index contributed by atoms with van der Waals surface area (Å²) < 4.78 is 16.4. The molecule has 3 heteroatoms. The third-order valence-corrected chi connectivity index (χ3v) is 2.93. The van der Waals surface area contributed by atoms with Crippen LogP contribution in [0.3, 0.4) is 0 Å². The van der Waals surface area contributed by atoms with Gasteiger partial charge >= 0.3 is 0 Å². The molecule has 2 unspecified atom stereocenters. The van der Waals surface area contributed by atoms with Gasteiger partial charge < -0.3 is 14.2 Å². The lowest BCUT2D eigenvalue weighted by molar-refractivity contribution is -0.205. The Balaban J connectivity index is 1.89. The lowest BCUT2D eigenvalue weighted by Gasteiger charge is -2.29. The van der Waals surface area contributed by atoms with Crippen LogP contribution in [-0.2, 0) is 20.8 Å². The third-order valence-electron chi connectivity index (χ3n) is 2.93. The molecule has 1 saturated heterocycles. The Kier molecular flexibility index (Phi) is 3.93. The predicted molar refractivity (Wildman–Crippen MR) is 61.1 cm³/mol. The SMILES string of the molecule is Cc1ccccc1COC1COCOC1C. The van der Waals surface area contributed by atoms with Gasteiger partial charge in [0.1, 0.15) is 12.9 Å². The minimum Gasteiger partial charge on any atom is -0.368 e. The van der Waals surface area contributed by atoms with Crippen LogP contribution in [0.2, 0.25) is 0 Å². The molecule has 2 atom stereocenters. The van der Waals surface area contributed by atoms with Gasteiger partial charge in [-0.1, -0.05) is 24.3 Å². The number of aryl methyl sites for hydroxylation is 1. The molecule has 1 fully saturated rings. The van der Waals surface area contributed by atoms with Crippen molar-refractivity contribution in [3.8, 4) is 0 Å². The molecule has 0 N–H and O–H groups in total. The average molecular weight is 222 g/mol. The Morgan fingerprint density at radius 2 is 2.19 bits per heavy atom. The van der Waals surface area contributed by atoms with Crippen molar-refractivity contribution in [2.75, 3.05) is 13.4 Å². The molecule has 1 aromatic carbocycles. The van der Waals surface area contributed by atoms with E-state index in [-0.39, 0.29) is 12.2 Å². The van der Waals surface area contributed by atoms with Gasteiger partial charge in [-0.25, -0.2) is 0 Å². The molecule has 3 nitrogen and oxygen atoms in total. The fraction of sp³-hybridized carbons (Fsp3) is 0.538. The summed E-state index contributed by atoms with van der Waals surface area (Å²) in [6.07, 6.45) is 0.145. The molecule has 0 radical (unpaired) electrons. The molecule has 2 rings (SSSR count). The molecule has 1 aliphatic rings. The van der Waals surface area contributed by atoms with Crippen LogP contribution < -0.4 is 0 Å². The number of ether oxygens (including phenoxy) is 3. The van der Waals surface area contributed by atoms with E-state index in [9.17, 15) is 0 Å². The van der Waals surface area contributed by atoms with Crippen molar-refractivity contribution in [1.29, 1.82) is 0 Å².